The Labute approximate surface area is 82.8 Å². The summed E-state index contributed by atoms with van der Waals surface area (Å²) < 4.78 is 0. The molecule has 0 aromatic heterocycles. The smallest absolute Gasteiger partial charge is 0.0227 e. The summed E-state index contributed by atoms with van der Waals surface area (Å²) in [4.78, 5) is 2.45. The second-order valence-electron chi connectivity index (χ2n) is 4.74. The van der Waals surface area contributed by atoms with Crippen LogP contribution in [0.5, 0.6) is 0 Å². The third-order valence-corrected chi connectivity index (χ3v) is 3.10. The predicted molar refractivity (Wildman–Crippen MR) is 58.5 cm³/mol. The third kappa shape index (κ3) is 3.06. The Morgan fingerprint density at radius 2 is 1.92 bits per heavy atom. The van der Waals surface area contributed by atoms with Gasteiger partial charge in [-0.05, 0) is 44.7 Å². The van der Waals surface area contributed by atoms with Crippen LogP contribution in [0.1, 0.15) is 40.5 Å². The van der Waals surface area contributed by atoms with Crippen molar-refractivity contribution in [2.45, 2.75) is 46.6 Å². The molecule has 1 atom stereocenters. The minimum Gasteiger partial charge on any atom is -0.375 e. The van der Waals surface area contributed by atoms with Crippen LogP contribution in [-0.2, 0) is 0 Å². The van der Waals surface area contributed by atoms with Crippen LogP contribution in [0, 0.1) is 11.8 Å². The second-order valence-corrected chi connectivity index (χ2v) is 4.74. The van der Waals surface area contributed by atoms with Gasteiger partial charge < -0.3 is 4.90 Å². The fourth-order valence-corrected chi connectivity index (χ4v) is 1.91. The molecule has 0 spiro atoms. The maximum atomic E-state index is 2.45. The molecule has 0 N–H and O–H groups in total. The zero-order valence-corrected chi connectivity index (χ0v) is 9.46. The summed E-state index contributed by atoms with van der Waals surface area (Å²) in [6.07, 6.45) is 7.24. The molecular formula is C12H23N. The van der Waals surface area contributed by atoms with Crippen molar-refractivity contribution in [3.63, 3.8) is 0 Å². The van der Waals surface area contributed by atoms with Gasteiger partial charge in [-0.2, -0.15) is 0 Å². The van der Waals surface area contributed by atoms with Gasteiger partial charge in [0.2, 0.25) is 0 Å². The Morgan fingerprint density at radius 1 is 1.23 bits per heavy atom. The van der Waals surface area contributed by atoms with Gasteiger partial charge in [0.05, 0.1) is 0 Å². The van der Waals surface area contributed by atoms with Crippen molar-refractivity contribution in [3.05, 3.63) is 12.3 Å². The fourth-order valence-electron chi connectivity index (χ4n) is 1.91. The van der Waals surface area contributed by atoms with E-state index >= 15 is 0 Å². The lowest BCUT2D eigenvalue weighted by molar-refractivity contribution is 0.272. The molecule has 1 heterocycles. The molecule has 0 saturated heterocycles. The fraction of sp³-hybridized carbons (Fsp3) is 0.833. The maximum absolute atomic E-state index is 2.45. The van der Waals surface area contributed by atoms with Gasteiger partial charge in [0, 0.05) is 12.6 Å². The molecule has 0 aromatic rings. The molecule has 0 bridgehead atoms. The average Bonchev–Trinajstić information content (AvgIpc) is 2.27. The molecule has 13 heavy (non-hydrogen) atoms. The molecule has 1 nitrogen and oxygen atoms in total. The highest BCUT2D eigenvalue weighted by Gasteiger charge is 2.16. The van der Waals surface area contributed by atoms with Gasteiger partial charge >= 0.3 is 0 Å². The van der Waals surface area contributed by atoms with Crippen LogP contribution < -0.4 is 0 Å². The lowest BCUT2D eigenvalue weighted by Gasteiger charge is -2.25. The molecule has 0 fully saturated rings. The van der Waals surface area contributed by atoms with E-state index in [0.717, 1.165) is 11.8 Å². The van der Waals surface area contributed by atoms with Crippen molar-refractivity contribution < 1.29 is 0 Å². The Morgan fingerprint density at radius 3 is 2.46 bits per heavy atom. The van der Waals surface area contributed by atoms with Crippen molar-refractivity contribution in [2.24, 2.45) is 11.8 Å². The SMILES string of the molecule is CC(C)C1CC=CN(C(C)C)CC1. The zero-order valence-electron chi connectivity index (χ0n) is 9.46. The lowest BCUT2D eigenvalue weighted by atomic mass is 9.90. The van der Waals surface area contributed by atoms with Crippen LogP contribution in [0.15, 0.2) is 12.3 Å². The quantitative estimate of drug-likeness (QED) is 0.632. The molecule has 0 aliphatic carbocycles. The van der Waals surface area contributed by atoms with Crippen molar-refractivity contribution in [1.82, 2.24) is 4.90 Å². The monoisotopic (exact) mass is 181 g/mol. The van der Waals surface area contributed by atoms with E-state index in [-0.39, 0.29) is 0 Å². The molecular weight excluding hydrogens is 158 g/mol. The average molecular weight is 181 g/mol. The van der Waals surface area contributed by atoms with Crippen LogP contribution in [-0.4, -0.2) is 17.5 Å². The Kier molecular flexibility index (Phi) is 3.83. The zero-order chi connectivity index (χ0) is 9.84. The second kappa shape index (κ2) is 4.69. The van der Waals surface area contributed by atoms with Crippen molar-refractivity contribution in [1.29, 1.82) is 0 Å². The number of nitrogens with zero attached hydrogens (tertiary/aromatic N) is 1. The number of hydrogen-bond acceptors (Lipinski definition) is 1. The normalized spacial score (nSPS) is 24.2. The first kappa shape index (κ1) is 10.6. The predicted octanol–water partition coefficient (Wildman–Crippen LogP) is 3.28. The molecule has 0 radical (unpaired) electrons. The van der Waals surface area contributed by atoms with E-state index in [1.807, 2.05) is 0 Å². The Bertz CT molecular complexity index is 170. The van der Waals surface area contributed by atoms with Gasteiger partial charge in [-0.15, -0.1) is 0 Å². The lowest BCUT2D eigenvalue weighted by Crippen LogP contribution is -2.26. The summed E-state index contributed by atoms with van der Waals surface area (Å²) in [5, 5.41) is 0. The van der Waals surface area contributed by atoms with Gasteiger partial charge in [-0.1, -0.05) is 19.9 Å². The minimum absolute atomic E-state index is 0.655. The summed E-state index contributed by atoms with van der Waals surface area (Å²) in [7, 11) is 0. The van der Waals surface area contributed by atoms with E-state index < -0.39 is 0 Å². The van der Waals surface area contributed by atoms with Gasteiger partial charge in [0.1, 0.15) is 0 Å². The minimum atomic E-state index is 0.655. The third-order valence-electron chi connectivity index (χ3n) is 3.10. The highest BCUT2D eigenvalue weighted by molar-refractivity contribution is 4.90. The summed E-state index contributed by atoms with van der Waals surface area (Å²) in [6, 6.07) is 0.655. The number of rotatable bonds is 2. The molecule has 1 unspecified atom stereocenters. The first-order valence-electron chi connectivity index (χ1n) is 5.53. The first-order valence-corrected chi connectivity index (χ1v) is 5.53. The number of allylic oxidation sites excluding steroid dienone is 1. The molecule has 76 valence electrons. The highest BCUT2D eigenvalue weighted by atomic mass is 15.1. The Balaban J connectivity index is 2.48. The van der Waals surface area contributed by atoms with Crippen LogP contribution in [0.2, 0.25) is 0 Å². The van der Waals surface area contributed by atoms with Crippen LogP contribution >= 0.6 is 0 Å². The summed E-state index contributed by atoms with van der Waals surface area (Å²) in [5.74, 6) is 1.72. The van der Waals surface area contributed by atoms with Crippen LogP contribution in [0.4, 0.5) is 0 Å². The molecule has 1 rings (SSSR count). The van der Waals surface area contributed by atoms with E-state index in [1.54, 1.807) is 0 Å². The molecule has 0 aromatic carbocycles. The van der Waals surface area contributed by atoms with E-state index in [4.69, 9.17) is 0 Å². The van der Waals surface area contributed by atoms with Crippen molar-refractivity contribution >= 4 is 0 Å². The molecule has 1 aliphatic heterocycles. The molecule has 0 amide bonds. The van der Waals surface area contributed by atoms with E-state index in [1.165, 1.54) is 19.4 Å². The largest absolute Gasteiger partial charge is 0.375 e. The summed E-state index contributed by atoms with van der Waals surface area (Å²) in [6.45, 7) is 10.4. The standard InChI is InChI=1S/C12H23N/c1-10(2)12-6-5-8-13(9-7-12)11(3)4/h5,8,10-12H,6-7,9H2,1-4H3. The maximum Gasteiger partial charge on any atom is 0.0227 e. The van der Waals surface area contributed by atoms with Crippen LogP contribution in [0.25, 0.3) is 0 Å². The Hall–Kier alpha value is -0.460. The number of hydrogen-bond donors (Lipinski definition) is 0. The highest BCUT2D eigenvalue weighted by Crippen LogP contribution is 2.23. The van der Waals surface area contributed by atoms with E-state index in [0.29, 0.717) is 6.04 Å². The van der Waals surface area contributed by atoms with Gasteiger partial charge in [-0.3, -0.25) is 0 Å². The van der Waals surface area contributed by atoms with Crippen LogP contribution in [0.3, 0.4) is 0 Å². The summed E-state index contributed by atoms with van der Waals surface area (Å²) >= 11 is 0. The topological polar surface area (TPSA) is 3.24 Å². The molecule has 1 heteroatoms. The van der Waals surface area contributed by atoms with Gasteiger partial charge in [0.15, 0.2) is 0 Å². The van der Waals surface area contributed by atoms with E-state index in [9.17, 15) is 0 Å². The van der Waals surface area contributed by atoms with Crippen molar-refractivity contribution in [2.75, 3.05) is 6.54 Å². The first-order chi connectivity index (χ1) is 6.11. The van der Waals surface area contributed by atoms with Crippen molar-refractivity contribution in [3.8, 4) is 0 Å². The molecule has 1 aliphatic rings. The van der Waals surface area contributed by atoms with E-state index in [2.05, 4.69) is 44.9 Å². The van der Waals surface area contributed by atoms with Gasteiger partial charge in [0.25, 0.3) is 0 Å². The van der Waals surface area contributed by atoms with Gasteiger partial charge in [-0.25, -0.2) is 0 Å². The summed E-state index contributed by atoms with van der Waals surface area (Å²) in [5.41, 5.74) is 0. The molecule has 0 saturated carbocycles.